The summed E-state index contributed by atoms with van der Waals surface area (Å²) in [6.07, 6.45) is 2.52. The van der Waals surface area contributed by atoms with Crippen molar-refractivity contribution in [3.63, 3.8) is 0 Å². The number of carbonyl (C=O) groups excluding carboxylic acids is 2. The van der Waals surface area contributed by atoms with E-state index >= 15 is 0 Å². The van der Waals surface area contributed by atoms with Crippen LogP contribution in [0.5, 0.6) is 0 Å². The van der Waals surface area contributed by atoms with Gasteiger partial charge in [-0.15, -0.1) is 0 Å². The van der Waals surface area contributed by atoms with Gasteiger partial charge in [-0.25, -0.2) is 0 Å². The SMILES string of the molecule is COC(=O)CNC(=O)CCC1CCNC1. The van der Waals surface area contributed by atoms with Gasteiger partial charge in [0.25, 0.3) is 0 Å². The van der Waals surface area contributed by atoms with Gasteiger partial charge >= 0.3 is 5.97 Å². The van der Waals surface area contributed by atoms with Crippen LogP contribution in [0.2, 0.25) is 0 Å². The summed E-state index contributed by atoms with van der Waals surface area (Å²) in [6, 6.07) is 0. The molecule has 1 rings (SSSR count). The van der Waals surface area contributed by atoms with E-state index in [1.165, 1.54) is 7.11 Å². The second-order valence-corrected chi connectivity index (χ2v) is 3.75. The van der Waals surface area contributed by atoms with Gasteiger partial charge in [0, 0.05) is 6.42 Å². The number of methoxy groups -OCH3 is 1. The molecule has 0 bridgehead atoms. The monoisotopic (exact) mass is 214 g/mol. The van der Waals surface area contributed by atoms with Crippen molar-refractivity contribution in [3.05, 3.63) is 0 Å². The Labute approximate surface area is 89.6 Å². The highest BCUT2D eigenvalue weighted by Crippen LogP contribution is 2.13. The average molecular weight is 214 g/mol. The predicted molar refractivity (Wildman–Crippen MR) is 55.2 cm³/mol. The lowest BCUT2D eigenvalue weighted by atomic mass is 10.0. The molecule has 2 N–H and O–H groups in total. The summed E-state index contributed by atoms with van der Waals surface area (Å²) in [7, 11) is 1.30. The van der Waals surface area contributed by atoms with Crippen LogP contribution in [0.15, 0.2) is 0 Å². The summed E-state index contributed by atoms with van der Waals surface area (Å²) >= 11 is 0. The van der Waals surface area contributed by atoms with Gasteiger partial charge in [-0.1, -0.05) is 0 Å². The van der Waals surface area contributed by atoms with Gasteiger partial charge in [0.2, 0.25) is 5.91 Å². The van der Waals surface area contributed by atoms with Gasteiger partial charge in [0.1, 0.15) is 6.54 Å². The minimum atomic E-state index is -0.411. The molecule has 1 aliphatic heterocycles. The molecule has 1 aliphatic rings. The summed E-state index contributed by atoms with van der Waals surface area (Å²) < 4.78 is 4.41. The number of hydrogen-bond donors (Lipinski definition) is 2. The summed E-state index contributed by atoms with van der Waals surface area (Å²) in [5.74, 6) is 0.118. The van der Waals surface area contributed by atoms with Crippen molar-refractivity contribution in [2.75, 3.05) is 26.7 Å². The van der Waals surface area contributed by atoms with E-state index in [0.717, 1.165) is 25.9 Å². The maximum atomic E-state index is 11.3. The number of rotatable bonds is 5. The molecule has 0 aromatic rings. The first-order valence-corrected chi connectivity index (χ1v) is 5.26. The lowest BCUT2D eigenvalue weighted by Crippen LogP contribution is -2.30. The third-order valence-corrected chi connectivity index (χ3v) is 2.60. The molecule has 5 heteroatoms. The second-order valence-electron chi connectivity index (χ2n) is 3.75. The van der Waals surface area contributed by atoms with Crippen LogP contribution in [0, 0.1) is 5.92 Å². The quantitative estimate of drug-likeness (QED) is 0.615. The molecule has 0 aromatic carbocycles. The minimum Gasteiger partial charge on any atom is -0.468 e. The summed E-state index contributed by atoms with van der Waals surface area (Å²) in [5, 5.41) is 5.77. The van der Waals surface area contributed by atoms with Crippen molar-refractivity contribution in [3.8, 4) is 0 Å². The summed E-state index contributed by atoms with van der Waals surface area (Å²) in [4.78, 5) is 22.0. The fourth-order valence-corrected chi connectivity index (χ4v) is 1.63. The van der Waals surface area contributed by atoms with E-state index < -0.39 is 5.97 Å². The maximum Gasteiger partial charge on any atom is 0.325 e. The topological polar surface area (TPSA) is 67.4 Å². The Kier molecular flexibility index (Phi) is 5.10. The summed E-state index contributed by atoms with van der Waals surface area (Å²) in [6.45, 7) is 2.02. The first kappa shape index (κ1) is 12.0. The molecule has 1 fully saturated rings. The van der Waals surface area contributed by atoms with E-state index in [4.69, 9.17) is 0 Å². The van der Waals surface area contributed by atoms with Crippen LogP contribution in [-0.4, -0.2) is 38.6 Å². The number of nitrogens with one attached hydrogen (secondary N) is 2. The zero-order chi connectivity index (χ0) is 11.1. The van der Waals surface area contributed by atoms with Crippen molar-refractivity contribution < 1.29 is 14.3 Å². The van der Waals surface area contributed by atoms with Gasteiger partial charge in [0.15, 0.2) is 0 Å². The molecule has 1 unspecified atom stereocenters. The van der Waals surface area contributed by atoms with Crippen LogP contribution in [0.4, 0.5) is 0 Å². The smallest absolute Gasteiger partial charge is 0.325 e. The third-order valence-electron chi connectivity index (χ3n) is 2.60. The van der Waals surface area contributed by atoms with Gasteiger partial charge in [0.05, 0.1) is 7.11 Å². The van der Waals surface area contributed by atoms with Crippen LogP contribution < -0.4 is 10.6 Å². The fourth-order valence-electron chi connectivity index (χ4n) is 1.63. The molecule has 1 heterocycles. The van der Waals surface area contributed by atoms with Gasteiger partial charge in [-0.3, -0.25) is 9.59 Å². The standard InChI is InChI=1S/C10H18N2O3/c1-15-10(14)7-12-9(13)3-2-8-4-5-11-6-8/h8,11H,2-7H2,1H3,(H,12,13). The number of amides is 1. The zero-order valence-electron chi connectivity index (χ0n) is 9.04. The molecule has 1 saturated heterocycles. The lowest BCUT2D eigenvalue weighted by Gasteiger charge is -2.07. The second kappa shape index (κ2) is 6.40. The molecule has 1 atom stereocenters. The molecule has 1 amide bonds. The average Bonchev–Trinajstić information content (AvgIpc) is 2.75. The van der Waals surface area contributed by atoms with E-state index in [1.54, 1.807) is 0 Å². The van der Waals surface area contributed by atoms with Crippen molar-refractivity contribution in [2.24, 2.45) is 5.92 Å². The van der Waals surface area contributed by atoms with E-state index in [-0.39, 0.29) is 12.5 Å². The van der Waals surface area contributed by atoms with Crippen molar-refractivity contribution in [2.45, 2.75) is 19.3 Å². The van der Waals surface area contributed by atoms with Crippen LogP contribution in [0.25, 0.3) is 0 Å². The molecule has 5 nitrogen and oxygen atoms in total. The van der Waals surface area contributed by atoms with Crippen molar-refractivity contribution in [1.29, 1.82) is 0 Å². The van der Waals surface area contributed by atoms with Crippen LogP contribution in [0.3, 0.4) is 0 Å². The molecule has 0 aliphatic carbocycles. The van der Waals surface area contributed by atoms with E-state index in [9.17, 15) is 9.59 Å². The van der Waals surface area contributed by atoms with E-state index in [0.29, 0.717) is 12.3 Å². The van der Waals surface area contributed by atoms with Crippen molar-refractivity contribution >= 4 is 11.9 Å². The lowest BCUT2D eigenvalue weighted by molar-refractivity contribution is -0.141. The Morgan fingerprint density at radius 3 is 2.93 bits per heavy atom. The van der Waals surface area contributed by atoms with Gasteiger partial charge < -0.3 is 15.4 Å². The Morgan fingerprint density at radius 1 is 1.53 bits per heavy atom. The molecule has 0 spiro atoms. The Morgan fingerprint density at radius 2 is 2.33 bits per heavy atom. The third kappa shape index (κ3) is 4.78. The number of carbonyl (C=O) groups is 2. The molecular weight excluding hydrogens is 196 g/mol. The maximum absolute atomic E-state index is 11.3. The van der Waals surface area contributed by atoms with Crippen LogP contribution >= 0.6 is 0 Å². The minimum absolute atomic E-state index is 0.0295. The normalized spacial score (nSPS) is 19.9. The molecule has 0 saturated carbocycles. The van der Waals surface area contributed by atoms with E-state index in [1.807, 2.05) is 0 Å². The van der Waals surface area contributed by atoms with Crippen molar-refractivity contribution in [1.82, 2.24) is 10.6 Å². The Hall–Kier alpha value is -1.10. The number of esters is 1. The first-order valence-electron chi connectivity index (χ1n) is 5.26. The largest absolute Gasteiger partial charge is 0.468 e. The molecule has 15 heavy (non-hydrogen) atoms. The molecular formula is C10H18N2O3. The molecule has 0 aromatic heterocycles. The van der Waals surface area contributed by atoms with Gasteiger partial charge in [-0.05, 0) is 31.8 Å². The predicted octanol–water partition coefficient (Wildman–Crippen LogP) is -0.335. The highest BCUT2D eigenvalue weighted by Gasteiger charge is 2.15. The molecule has 86 valence electrons. The molecule has 0 radical (unpaired) electrons. The zero-order valence-corrected chi connectivity index (χ0v) is 9.04. The van der Waals surface area contributed by atoms with Gasteiger partial charge in [-0.2, -0.15) is 0 Å². The fraction of sp³-hybridized carbons (Fsp3) is 0.800. The number of ether oxygens (including phenoxy) is 1. The van der Waals surface area contributed by atoms with Crippen LogP contribution in [0.1, 0.15) is 19.3 Å². The Balaban J connectivity index is 2.05. The Bertz CT molecular complexity index is 225. The highest BCUT2D eigenvalue weighted by atomic mass is 16.5. The van der Waals surface area contributed by atoms with Crippen LogP contribution in [-0.2, 0) is 14.3 Å². The van der Waals surface area contributed by atoms with E-state index in [2.05, 4.69) is 15.4 Å². The first-order chi connectivity index (χ1) is 7.22. The highest BCUT2D eigenvalue weighted by molar-refractivity contribution is 5.81. The number of hydrogen-bond acceptors (Lipinski definition) is 4. The summed E-state index contributed by atoms with van der Waals surface area (Å²) in [5.41, 5.74) is 0.